The van der Waals surface area contributed by atoms with Crippen LogP contribution in [0.2, 0.25) is 0 Å². The number of hydrogen-bond acceptors (Lipinski definition) is 7. The van der Waals surface area contributed by atoms with Crippen LogP contribution in [0.25, 0.3) is 0 Å². The molecule has 0 radical (unpaired) electrons. The number of quaternary nitrogens is 1. The molecule has 0 heterocycles. The second-order valence-corrected chi connectivity index (χ2v) is 25.7. The number of esters is 1. The molecular weight excluding hydrogens is 1020 g/mol. The molecule has 0 spiro atoms. The maximum Gasteiger partial charge on any atom is 0.306 e. The van der Waals surface area contributed by atoms with E-state index >= 15 is 0 Å². The minimum atomic E-state index is -4.71. The number of ether oxygens (including phenoxy) is 1. The lowest BCUT2D eigenvalue weighted by molar-refractivity contribution is -0.870. The molecule has 0 aromatic carbocycles. The molecule has 0 aromatic heterocycles. The standard InChI is InChI=1S/C71H131N2O7P/c1-7-10-13-16-19-22-25-28-30-32-34-36-38-40-42-45-48-51-54-57-60-63-70(74)72-68(67-79-81(76,77)78-66-65-73(4,5)6)69(62-59-56-53-50-47-44-27-24-21-18-15-12-9-3)80-71(75)64-61-58-55-52-49-46-43-41-39-37-35-33-31-29-26-23-20-17-14-11-8-2/h20,23,28-31,35,37,41,43,59,62,68-69H,7-19,21-22,24-27,32-34,36,38-40,42,44-58,60-61,63-67H2,1-6H3,(H-,72,74,76,77)/b23-20-,30-28+,31-29-,37-35-,43-41-,62-59+. The van der Waals surface area contributed by atoms with Crippen molar-refractivity contribution in [3.63, 3.8) is 0 Å². The van der Waals surface area contributed by atoms with Crippen LogP contribution in [0.5, 0.6) is 0 Å². The Kier molecular flexibility index (Phi) is 58.7. The number of nitrogens with zero attached hydrogens (tertiary/aromatic N) is 1. The van der Waals surface area contributed by atoms with Crippen molar-refractivity contribution in [2.45, 2.75) is 328 Å². The van der Waals surface area contributed by atoms with Gasteiger partial charge in [0.25, 0.3) is 7.82 Å². The Morgan fingerprint density at radius 1 is 0.432 bits per heavy atom. The fraction of sp³-hybridized carbons (Fsp3) is 0.803. The third-order valence-electron chi connectivity index (χ3n) is 15.1. The largest absolute Gasteiger partial charge is 0.756 e. The Hall–Kier alpha value is -2.55. The highest BCUT2D eigenvalue weighted by atomic mass is 31.2. The Morgan fingerprint density at radius 3 is 1.16 bits per heavy atom. The minimum Gasteiger partial charge on any atom is -0.756 e. The quantitative estimate of drug-likeness (QED) is 0.0212. The summed E-state index contributed by atoms with van der Waals surface area (Å²) in [6.07, 6.45) is 78.7. The van der Waals surface area contributed by atoms with Gasteiger partial charge in [-0.2, -0.15) is 0 Å². The van der Waals surface area contributed by atoms with Gasteiger partial charge < -0.3 is 28.5 Å². The Morgan fingerprint density at radius 2 is 0.753 bits per heavy atom. The molecule has 0 rings (SSSR count). The summed E-state index contributed by atoms with van der Waals surface area (Å²) in [5.41, 5.74) is 0. The van der Waals surface area contributed by atoms with Crippen molar-refractivity contribution in [3.8, 4) is 0 Å². The zero-order valence-corrected chi connectivity index (χ0v) is 54.9. The van der Waals surface area contributed by atoms with Crippen LogP contribution in [0.3, 0.4) is 0 Å². The lowest BCUT2D eigenvalue weighted by atomic mass is 10.0. The van der Waals surface area contributed by atoms with Gasteiger partial charge in [-0.05, 0) is 102 Å². The number of allylic oxidation sites excluding steroid dienone is 11. The predicted octanol–water partition coefficient (Wildman–Crippen LogP) is 20.9. The fourth-order valence-corrected chi connectivity index (χ4v) is 10.5. The summed E-state index contributed by atoms with van der Waals surface area (Å²) in [5.74, 6) is -0.555. The molecule has 0 saturated carbocycles. The zero-order chi connectivity index (χ0) is 59.3. The number of carbonyl (C=O) groups is 2. The molecule has 0 aliphatic carbocycles. The van der Waals surface area contributed by atoms with E-state index in [1.165, 1.54) is 186 Å². The molecule has 3 atom stereocenters. The third-order valence-corrected chi connectivity index (χ3v) is 16.1. The molecule has 0 aliphatic rings. The average Bonchev–Trinajstić information content (AvgIpc) is 3.44. The van der Waals surface area contributed by atoms with Gasteiger partial charge in [-0.15, -0.1) is 0 Å². The molecule has 1 N–H and O–H groups in total. The molecule has 3 unspecified atom stereocenters. The van der Waals surface area contributed by atoms with E-state index in [9.17, 15) is 19.0 Å². The summed E-state index contributed by atoms with van der Waals surface area (Å²) in [7, 11) is 1.17. The van der Waals surface area contributed by atoms with E-state index in [4.69, 9.17) is 13.8 Å². The highest BCUT2D eigenvalue weighted by molar-refractivity contribution is 7.45. The van der Waals surface area contributed by atoms with Crippen molar-refractivity contribution in [2.24, 2.45) is 0 Å². The van der Waals surface area contributed by atoms with Crippen LogP contribution in [-0.2, 0) is 27.9 Å². The summed E-state index contributed by atoms with van der Waals surface area (Å²) in [4.78, 5) is 40.1. The van der Waals surface area contributed by atoms with Crippen LogP contribution in [0, 0.1) is 0 Å². The van der Waals surface area contributed by atoms with Gasteiger partial charge in [0.15, 0.2) is 0 Å². The zero-order valence-electron chi connectivity index (χ0n) is 54.0. The highest BCUT2D eigenvalue weighted by Crippen LogP contribution is 2.38. The molecule has 0 aliphatic heterocycles. The first-order chi connectivity index (χ1) is 39.4. The molecule has 10 heteroatoms. The monoisotopic (exact) mass is 1150 g/mol. The van der Waals surface area contributed by atoms with E-state index in [0.29, 0.717) is 23.9 Å². The molecule has 0 bridgehead atoms. The van der Waals surface area contributed by atoms with E-state index < -0.39 is 26.6 Å². The van der Waals surface area contributed by atoms with Crippen LogP contribution in [0.15, 0.2) is 72.9 Å². The summed E-state index contributed by atoms with van der Waals surface area (Å²) in [5, 5.41) is 3.04. The maximum absolute atomic E-state index is 13.6. The highest BCUT2D eigenvalue weighted by Gasteiger charge is 2.27. The van der Waals surface area contributed by atoms with Gasteiger partial charge in [0.1, 0.15) is 19.3 Å². The first kappa shape index (κ1) is 78.5. The molecule has 81 heavy (non-hydrogen) atoms. The Bertz CT molecular complexity index is 1620. The minimum absolute atomic E-state index is 0.0272. The molecule has 0 fully saturated rings. The van der Waals surface area contributed by atoms with E-state index in [-0.39, 0.29) is 24.9 Å². The second-order valence-electron chi connectivity index (χ2n) is 24.3. The van der Waals surface area contributed by atoms with Gasteiger partial charge >= 0.3 is 5.97 Å². The normalized spacial score (nSPS) is 14.0. The van der Waals surface area contributed by atoms with Crippen LogP contribution in [-0.4, -0.2) is 69.4 Å². The number of nitrogens with one attached hydrogen (secondary N) is 1. The first-order valence-electron chi connectivity index (χ1n) is 34.2. The van der Waals surface area contributed by atoms with E-state index in [1.807, 2.05) is 33.3 Å². The Balaban J connectivity index is 5.21. The van der Waals surface area contributed by atoms with E-state index in [1.54, 1.807) is 0 Å². The average molecular weight is 1160 g/mol. The van der Waals surface area contributed by atoms with Crippen LogP contribution in [0.1, 0.15) is 316 Å². The van der Waals surface area contributed by atoms with Crippen molar-refractivity contribution in [2.75, 3.05) is 40.9 Å². The SMILES string of the molecule is CCCCC/C=C\C/C=C\C/C=C\C/C=C\CCCCCCCC(=O)OC(/C=C/CCCCCCCCCCCCC)C(COP(=O)([O-])OCC[N+](C)(C)C)NC(=O)CCCCCCCCCCCCC/C=C/CCCCCCCC. The first-order valence-corrected chi connectivity index (χ1v) is 35.7. The topological polar surface area (TPSA) is 114 Å². The predicted molar refractivity (Wildman–Crippen MR) is 348 cm³/mol. The van der Waals surface area contributed by atoms with Crippen molar-refractivity contribution in [1.29, 1.82) is 0 Å². The Labute approximate surface area is 502 Å². The van der Waals surface area contributed by atoms with Crippen molar-refractivity contribution >= 4 is 19.7 Å². The van der Waals surface area contributed by atoms with Gasteiger partial charge in [-0.3, -0.25) is 14.2 Å². The van der Waals surface area contributed by atoms with Crippen molar-refractivity contribution < 1.29 is 37.3 Å². The molecule has 0 saturated heterocycles. The van der Waals surface area contributed by atoms with Gasteiger partial charge in [-0.25, -0.2) is 0 Å². The number of phosphoric ester groups is 1. The van der Waals surface area contributed by atoms with Gasteiger partial charge in [0, 0.05) is 12.8 Å². The number of unbranched alkanes of at least 4 members (excludes halogenated alkanes) is 36. The molecular formula is C71H131N2O7P. The van der Waals surface area contributed by atoms with Crippen LogP contribution >= 0.6 is 7.82 Å². The van der Waals surface area contributed by atoms with E-state index in [0.717, 1.165) is 89.9 Å². The molecule has 9 nitrogen and oxygen atoms in total. The van der Waals surface area contributed by atoms with Gasteiger partial charge in [-0.1, -0.05) is 274 Å². The van der Waals surface area contributed by atoms with Crippen molar-refractivity contribution in [1.82, 2.24) is 5.32 Å². The fourth-order valence-electron chi connectivity index (χ4n) is 9.80. The summed E-state index contributed by atoms with van der Waals surface area (Å²) in [6, 6.07) is -0.900. The van der Waals surface area contributed by atoms with Gasteiger partial charge in [0.2, 0.25) is 5.91 Å². The van der Waals surface area contributed by atoms with E-state index in [2.05, 4.69) is 86.8 Å². The van der Waals surface area contributed by atoms with Crippen LogP contribution in [0.4, 0.5) is 0 Å². The molecule has 0 aromatic rings. The molecule has 1 amide bonds. The second kappa shape index (κ2) is 60.6. The lowest BCUT2D eigenvalue weighted by Crippen LogP contribution is -2.47. The number of amides is 1. The summed E-state index contributed by atoms with van der Waals surface area (Å²) < 4.78 is 30.4. The third kappa shape index (κ3) is 61.8. The van der Waals surface area contributed by atoms with Gasteiger partial charge in [0.05, 0.1) is 33.8 Å². The number of carbonyl (C=O) groups excluding carboxylic acids is 2. The number of rotatable bonds is 62. The smallest absolute Gasteiger partial charge is 0.306 e. The number of hydrogen-bond donors (Lipinski definition) is 1. The number of likely N-dealkylation sites (N-methyl/N-ethyl adjacent to an activating group) is 1. The lowest BCUT2D eigenvalue weighted by Gasteiger charge is -2.30. The number of phosphoric acid groups is 1. The summed E-state index contributed by atoms with van der Waals surface area (Å²) >= 11 is 0. The van der Waals surface area contributed by atoms with Crippen molar-refractivity contribution in [3.05, 3.63) is 72.9 Å². The molecule has 472 valence electrons. The van der Waals surface area contributed by atoms with Crippen LogP contribution < -0.4 is 10.2 Å². The maximum atomic E-state index is 13.6. The summed E-state index contributed by atoms with van der Waals surface area (Å²) in [6.45, 7) is 6.83.